The van der Waals surface area contributed by atoms with Gasteiger partial charge < -0.3 is 10.4 Å². The van der Waals surface area contributed by atoms with Crippen LogP contribution in [0.2, 0.25) is 0 Å². The second-order valence-corrected chi connectivity index (χ2v) is 11.5. The maximum absolute atomic E-state index is 13.4. The second-order valence-electron chi connectivity index (χ2n) is 9.54. The third-order valence-electron chi connectivity index (χ3n) is 7.66. The van der Waals surface area contributed by atoms with Gasteiger partial charge in [-0.2, -0.15) is 4.31 Å². The van der Waals surface area contributed by atoms with Gasteiger partial charge in [0, 0.05) is 42.4 Å². The van der Waals surface area contributed by atoms with Crippen LogP contribution in [0.3, 0.4) is 0 Å². The van der Waals surface area contributed by atoms with E-state index in [1.54, 1.807) is 25.2 Å². The van der Waals surface area contributed by atoms with E-state index in [4.69, 9.17) is 0 Å². The van der Waals surface area contributed by atoms with Gasteiger partial charge in [-0.15, -0.1) is 0 Å². The standard InChI is InChI=1S/C25H29N3O5S/c1-27(16-6-3-2-4-7-16)34(32,33)18-11-12-23-21(15-18)19-8-5-9-20(19)25(26-23)22-14-17(28(30)31)10-13-24(22)29/h5,8,10-16,19-20,25-26,29H,2-4,6-7,9H2,1H3. The zero-order valence-electron chi connectivity index (χ0n) is 19.1. The van der Waals surface area contributed by atoms with Crippen LogP contribution < -0.4 is 5.32 Å². The lowest BCUT2D eigenvalue weighted by Gasteiger charge is -2.38. The van der Waals surface area contributed by atoms with Gasteiger partial charge in [0.05, 0.1) is 15.9 Å². The molecule has 34 heavy (non-hydrogen) atoms. The number of phenolic OH excluding ortho intramolecular Hbond substituents is 1. The first-order valence-electron chi connectivity index (χ1n) is 11.8. The number of sulfonamides is 1. The van der Waals surface area contributed by atoms with Crippen molar-refractivity contribution in [3.63, 3.8) is 0 Å². The number of allylic oxidation sites excluding steroid dienone is 2. The Labute approximate surface area is 199 Å². The SMILES string of the molecule is CN(C1CCCCC1)S(=O)(=O)c1ccc2c(c1)C1C=CCC1C(c1cc([N+](=O)[O-])ccc1O)N2. The second kappa shape index (κ2) is 8.70. The Morgan fingerprint density at radius 2 is 1.85 bits per heavy atom. The number of nitrogens with zero attached hydrogens (tertiary/aromatic N) is 2. The van der Waals surface area contributed by atoms with Crippen molar-refractivity contribution in [3.8, 4) is 5.75 Å². The molecule has 180 valence electrons. The van der Waals surface area contributed by atoms with Gasteiger partial charge >= 0.3 is 0 Å². The first-order valence-corrected chi connectivity index (χ1v) is 13.2. The summed E-state index contributed by atoms with van der Waals surface area (Å²) in [6.07, 6.45) is 9.91. The minimum atomic E-state index is -3.62. The molecule has 3 aliphatic rings. The molecule has 1 aliphatic heterocycles. The molecule has 3 unspecified atom stereocenters. The van der Waals surface area contributed by atoms with Crippen LogP contribution in [0.1, 0.15) is 61.6 Å². The van der Waals surface area contributed by atoms with Crippen LogP contribution in [-0.4, -0.2) is 35.8 Å². The Morgan fingerprint density at radius 1 is 1.09 bits per heavy atom. The van der Waals surface area contributed by atoms with Crippen molar-refractivity contribution in [2.45, 2.75) is 61.4 Å². The minimum Gasteiger partial charge on any atom is -0.508 e. The summed E-state index contributed by atoms with van der Waals surface area (Å²) in [7, 11) is -1.94. The van der Waals surface area contributed by atoms with Crippen molar-refractivity contribution in [3.05, 3.63) is 69.8 Å². The predicted molar refractivity (Wildman–Crippen MR) is 129 cm³/mol. The van der Waals surface area contributed by atoms with E-state index in [1.165, 1.54) is 22.5 Å². The summed E-state index contributed by atoms with van der Waals surface area (Å²) in [5, 5.41) is 25.2. The zero-order chi connectivity index (χ0) is 24.0. The van der Waals surface area contributed by atoms with Gasteiger partial charge in [-0.1, -0.05) is 31.4 Å². The zero-order valence-corrected chi connectivity index (χ0v) is 19.9. The summed E-state index contributed by atoms with van der Waals surface area (Å²) >= 11 is 0. The van der Waals surface area contributed by atoms with Crippen molar-refractivity contribution in [2.75, 3.05) is 12.4 Å². The number of fused-ring (bicyclic) bond motifs is 3. The average Bonchev–Trinajstić information content (AvgIpc) is 3.34. The number of phenols is 1. The molecule has 0 amide bonds. The number of hydrogen-bond acceptors (Lipinski definition) is 6. The van der Waals surface area contributed by atoms with Crippen LogP contribution >= 0.6 is 0 Å². The molecule has 8 nitrogen and oxygen atoms in total. The molecule has 1 fully saturated rings. The van der Waals surface area contributed by atoms with Crippen LogP contribution in [0, 0.1) is 16.0 Å². The van der Waals surface area contributed by atoms with Crippen molar-refractivity contribution >= 4 is 21.4 Å². The van der Waals surface area contributed by atoms with Gasteiger partial charge in [-0.25, -0.2) is 8.42 Å². The number of nitro groups is 1. The van der Waals surface area contributed by atoms with Gasteiger partial charge in [0.15, 0.2) is 0 Å². The van der Waals surface area contributed by atoms with Gasteiger partial charge in [0.1, 0.15) is 5.75 Å². The third-order valence-corrected chi connectivity index (χ3v) is 9.56. The maximum atomic E-state index is 13.4. The van der Waals surface area contributed by atoms with E-state index in [0.717, 1.165) is 49.8 Å². The molecule has 5 rings (SSSR count). The van der Waals surface area contributed by atoms with Crippen LogP contribution in [0.4, 0.5) is 11.4 Å². The molecule has 2 aromatic rings. The van der Waals surface area contributed by atoms with E-state index >= 15 is 0 Å². The summed E-state index contributed by atoms with van der Waals surface area (Å²) in [5.41, 5.74) is 2.09. The van der Waals surface area contributed by atoms with Crippen LogP contribution in [-0.2, 0) is 10.0 Å². The molecule has 9 heteroatoms. The maximum Gasteiger partial charge on any atom is 0.270 e. The topological polar surface area (TPSA) is 113 Å². The fourth-order valence-corrected chi connectivity index (χ4v) is 7.20. The van der Waals surface area contributed by atoms with Crippen molar-refractivity contribution in [2.24, 2.45) is 5.92 Å². The molecular weight excluding hydrogens is 454 g/mol. The van der Waals surface area contributed by atoms with Gasteiger partial charge in [0.2, 0.25) is 10.0 Å². The number of non-ortho nitro benzene ring substituents is 1. The number of nitrogens with one attached hydrogen (secondary N) is 1. The van der Waals surface area contributed by atoms with E-state index in [2.05, 4.69) is 17.5 Å². The van der Waals surface area contributed by atoms with Crippen LogP contribution in [0.25, 0.3) is 0 Å². The fourth-order valence-electron chi connectivity index (χ4n) is 5.75. The molecule has 0 aromatic heterocycles. The summed E-state index contributed by atoms with van der Waals surface area (Å²) in [5.74, 6) is -0.0324. The summed E-state index contributed by atoms with van der Waals surface area (Å²) in [6, 6.07) is 8.95. The van der Waals surface area contributed by atoms with Crippen LogP contribution in [0.5, 0.6) is 5.75 Å². The Balaban J connectivity index is 1.50. The Hall–Kier alpha value is -2.91. The lowest BCUT2D eigenvalue weighted by molar-refractivity contribution is -0.385. The molecule has 0 spiro atoms. The highest BCUT2D eigenvalue weighted by atomic mass is 32.2. The Morgan fingerprint density at radius 3 is 2.59 bits per heavy atom. The number of anilines is 1. The highest BCUT2D eigenvalue weighted by molar-refractivity contribution is 7.89. The number of aromatic hydroxyl groups is 1. The largest absolute Gasteiger partial charge is 0.508 e. The predicted octanol–water partition coefficient (Wildman–Crippen LogP) is 5.08. The highest BCUT2D eigenvalue weighted by Crippen LogP contribution is 2.52. The molecule has 1 heterocycles. The molecule has 2 N–H and O–H groups in total. The molecule has 2 aliphatic carbocycles. The van der Waals surface area contributed by atoms with Crippen LogP contribution in [0.15, 0.2) is 53.4 Å². The normalized spacial score (nSPS) is 24.5. The Kier molecular flexibility index (Phi) is 5.85. The molecule has 0 bridgehead atoms. The summed E-state index contributed by atoms with van der Waals surface area (Å²) in [4.78, 5) is 11.1. The molecule has 0 saturated heterocycles. The number of rotatable bonds is 5. The number of benzene rings is 2. The van der Waals surface area contributed by atoms with E-state index in [9.17, 15) is 23.6 Å². The van der Waals surface area contributed by atoms with E-state index < -0.39 is 14.9 Å². The average molecular weight is 484 g/mol. The smallest absolute Gasteiger partial charge is 0.270 e. The number of hydrogen-bond donors (Lipinski definition) is 2. The quantitative estimate of drug-likeness (QED) is 0.348. The molecular formula is C25H29N3O5S. The number of nitro benzene ring substituents is 1. The lowest BCUT2D eigenvalue weighted by atomic mass is 9.77. The Bertz CT molecular complexity index is 1250. The van der Waals surface area contributed by atoms with Gasteiger partial charge in [0.25, 0.3) is 5.69 Å². The molecule has 0 radical (unpaired) electrons. The lowest BCUT2D eigenvalue weighted by Crippen LogP contribution is -2.38. The monoisotopic (exact) mass is 483 g/mol. The first kappa shape index (κ1) is 22.9. The van der Waals surface area contributed by atoms with Gasteiger partial charge in [-0.05, 0) is 55.0 Å². The van der Waals surface area contributed by atoms with E-state index in [0.29, 0.717) is 5.56 Å². The van der Waals surface area contributed by atoms with Crippen molar-refractivity contribution in [1.82, 2.24) is 4.31 Å². The first-order chi connectivity index (χ1) is 16.3. The summed E-state index contributed by atoms with van der Waals surface area (Å²) in [6.45, 7) is 0. The molecule has 2 aromatic carbocycles. The highest BCUT2D eigenvalue weighted by Gasteiger charge is 2.40. The van der Waals surface area contributed by atoms with E-state index in [1.807, 2.05) is 0 Å². The summed E-state index contributed by atoms with van der Waals surface area (Å²) < 4.78 is 28.4. The minimum absolute atomic E-state index is 0.00510. The molecule has 3 atom stereocenters. The fraction of sp³-hybridized carbons (Fsp3) is 0.440. The van der Waals surface area contributed by atoms with Crippen molar-refractivity contribution < 1.29 is 18.4 Å². The van der Waals surface area contributed by atoms with Gasteiger partial charge in [-0.3, -0.25) is 10.1 Å². The van der Waals surface area contributed by atoms with E-state index in [-0.39, 0.29) is 40.3 Å². The molecule has 1 saturated carbocycles. The van der Waals surface area contributed by atoms with Crippen molar-refractivity contribution in [1.29, 1.82) is 0 Å². The third kappa shape index (κ3) is 3.86.